The highest BCUT2D eigenvalue weighted by atomic mass is 32.2. The number of piperazine rings is 1. The lowest BCUT2D eigenvalue weighted by Crippen LogP contribution is -2.51. The van der Waals surface area contributed by atoms with Gasteiger partial charge in [0.2, 0.25) is 5.91 Å². The molecule has 2 fully saturated rings. The molecule has 1 N–H and O–H groups in total. The number of halogens is 3. The van der Waals surface area contributed by atoms with Crippen LogP contribution in [0.15, 0.2) is 48.5 Å². The van der Waals surface area contributed by atoms with E-state index in [0.717, 1.165) is 12.1 Å². The molecule has 0 saturated carbocycles. The first-order valence-electron chi connectivity index (χ1n) is 11.3. The maximum absolute atomic E-state index is 13.1. The highest BCUT2D eigenvalue weighted by Gasteiger charge is 2.36. The molecule has 11 heteroatoms. The van der Waals surface area contributed by atoms with E-state index in [1.165, 1.54) is 17.8 Å². The summed E-state index contributed by atoms with van der Waals surface area (Å²) in [4.78, 5) is 30.7. The second-order valence-corrected chi connectivity index (χ2v) is 9.40. The van der Waals surface area contributed by atoms with E-state index in [-0.39, 0.29) is 17.7 Å². The van der Waals surface area contributed by atoms with Crippen LogP contribution in [0.3, 0.4) is 0 Å². The standard InChI is InChI=1S/C24H27F3N4O3S/c1-34-20-8-3-2-7-19(20)28-23(33)30-12-9-29(10-13-30)11-14-31-21(32)16-35-22(31)17-5-4-6-18(15-17)24(25,26)27/h2-8,15,22H,9-14,16H2,1H3,(H,28,33)/t22-/m1/s1. The summed E-state index contributed by atoms with van der Waals surface area (Å²) >= 11 is 1.34. The van der Waals surface area contributed by atoms with Crippen LogP contribution in [0.5, 0.6) is 5.75 Å². The predicted molar refractivity (Wildman–Crippen MR) is 128 cm³/mol. The van der Waals surface area contributed by atoms with Crippen molar-refractivity contribution < 1.29 is 27.5 Å². The van der Waals surface area contributed by atoms with Gasteiger partial charge in [0.15, 0.2) is 0 Å². The van der Waals surface area contributed by atoms with E-state index >= 15 is 0 Å². The quantitative estimate of drug-likeness (QED) is 0.636. The summed E-state index contributed by atoms with van der Waals surface area (Å²) in [6.45, 7) is 3.34. The van der Waals surface area contributed by atoms with Crippen molar-refractivity contribution in [2.24, 2.45) is 0 Å². The average Bonchev–Trinajstić information content (AvgIpc) is 3.23. The Bertz CT molecular complexity index is 1060. The van der Waals surface area contributed by atoms with E-state index in [1.54, 1.807) is 35.1 Å². The minimum absolute atomic E-state index is 0.0766. The maximum atomic E-state index is 13.1. The summed E-state index contributed by atoms with van der Waals surface area (Å²) in [6, 6.07) is 12.2. The molecule has 4 rings (SSSR count). The molecule has 1 atom stereocenters. The van der Waals surface area contributed by atoms with Gasteiger partial charge in [-0.25, -0.2) is 4.79 Å². The first kappa shape index (κ1) is 25.2. The number of hydrogen-bond donors (Lipinski definition) is 1. The molecule has 0 aliphatic carbocycles. The first-order chi connectivity index (χ1) is 16.8. The van der Waals surface area contributed by atoms with Crippen molar-refractivity contribution in [3.8, 4) is 5.75 Å². The molecule has 35 heavy (non-hydrogen) atoms. The van der Waals surface area contributed by atoms with Gasteiger partial charge in [0.1, 0.15) is 11.1 Å². The summed E-state index contributed by atoms with van der Waals surface area (Å²) in [7, 11) is 1.55. The number of nitrogens with one attached hydrogen (secondary N) is 1. The molecule has 0 unspecified atom stereocenters. The number of anilines is 1. The number of nitrogens with zero attached hydrogens (tertiary/aromatic N) is 3. The number of carbonyl (C=O) groups excluding carboxylic acids is 2. The number of alkyl halides is 3. The molecule has 2 aromatic rings. The lowest BCUT2D eigenvalue weighted by atomic mass is 10.1. The number of carbonyl (C=O) groups is 2. The number of para-hydroxylation sites is 2. The van der Waals surface area contributed by atoms with Gasteiger partial charge in [0.25, 0.3) is 0 Å². The molecule has 188 valence electrons. The monoisotopic (exact) mass is 508 g/mol. The zero-order chi connectivity index (χ0) is 25.0. The van der Waals surface area contributed by atoms with E-state index in [0.29, 0.717) is 56.3 Å². The van der Waals surface area contributed by atoms with Gasteiger partial charge in [-0.05, 0) is 29.8 Å². The van der Waals surface area contributed by atoms with Crippen LogP contribution in [0, 0.1) is 0 Å². The van der Waals surface area contributed by atoms with Crippen molar-refractivity contribution in [1.29, 1.82) is 0 Å². The lowest BCUT2D eigenvalue weighted by Gasteiger charge is -2.36. The highest BCUT2D eigenvalue weighted by Crippen LogP contribution is 2.40. The minimum atomic E-state index is -4.42. The third-order valence-corrected chi connectivity index (χ3v) is 7.39. The van der Waals surface area contributed by atoms with Crippen LogP contribution in [0.25, 0.3) is 0 Å². The Hall–Kier alpha value is -2.92. The SMILES string of the molecule is COc1ccccc1NC(=O)N1CCN(CCN2C(=O)CS[C@@H]2c2cccc(C(F)(F)F)c2)CC1. The molecule has 2 aliphatic heterocycles. The molecule has 0 radical (unpaired) electrons. The summed E-state index contributed by atoms with van der Waals surface area (Å²) in [5.41, 5.74) is 0.374. The van der Waals surface area contributed by atoms with Gasteiger partial charge in [-0.2, -0.15) is 13.2 Å². The second kappa shape index (κ2) is 10.8. The smallest absolute Gasteiger partial charge is 0.416 e. The van der Waals surface area contributed by atoms with Crippen molar-refractivity contribution in [2.75, 3.05) is 57.4 Å². The molecule has 2 aromatic carbocycles. The Morgan fingerprint density at radius 1 is 1.09 bits per heavy atom. The number of hydrogen-bond acceptors (Lipinski definition) is 5. The van der Waals surface area contributed by atoms with Crippen molar-refractivity contribution in [3.63, 3.8) is 0 Å². The lowest BCUT2D eigenvalue weighted by molar-refractivity contribution is -0.137. The van der Waals surface area contributed by atoms with Gasteiger partial charge in [-0.1, -0.05) is 24.3 Å². The van der Waals surface area contributed by atoms with Crippen molar-refractivity contribution >= 4 is 29.4 Å². The second-order valence-electron chi connectivity index (χ2n) is 8.33. The van der Waals surface area contributed by atoms with Gasteiger partial charge in [-0.15, -0.1) is 11.8 Å². The molecule has 0 aromatic heterocycles. The van der Waals surface area contributed by atoms with Crippen molar-refractivity contribution in [2.45, 2.75) is 11.6 Å². The van der Waals surface area contributed by atoms with Gasteiger partial charge < -0.3 is 19.9 Å². The summed E-state index contributed by atoms with van der Waals surface area (Å²) in [5, 5.41) is 2.44. The van der Waals surface area contributed by atoms with E-state index < -0.39 is 17.1 Å². The summed E-state index contributed by atoms with van der Waals surface area (Å²) < 4.78 is 44.7. The van der Waals surface area contributed by atoms with Gasteiger partial charge in [0, 0.05) is 39.3 Å². The Balaban J connectivity index is 1.30. The van der Waals surface area contributed by atoms with Crippen LogP contribution < -0.4 is 10.1 Å². The molecule has 7 nitrogen and oxygen atoms in total. The molecule has 2 heterocycles. The number of amides is 3. The van der Waals surface area contributed by atoms with E-state index in [4.69, 9.17) is 4.74 Å². The number of urea groups is 1. The molecular weight excluding hydrogens is 481 g/mol. The van der Waals surface area contributed by atoms with Gasteiger partial charge >= 0.3 is 12.2 Å². The topological polar surface area (TPSA) is 65.1 Å². The molecule has 2 saturated heterocycles. The van der Waals surface area contributed by atoms with Crippen LogP contribution in [0.2, 0.25) is 0 Å². The minimum Gasteiger partial charge on any atom is -0.495 e. The molecular formula is C24H27F3N4O3S. The van der Waals surface area contributed by atoms with Crippen molar-refractivity contribution in [1.82, 2.24) is 14.7 Å². The summed E-state index contributed by atoms with van der Waals surface area (Å²) in [5.74, 6) is 0.757. The van der Waals surface area contributed by atoms with Crippen LogP contribution in [-0.2, 0) is 11.0 Å². The van der Waals surface area contributed by atoms with Gasteiger partial charge in [-0.3, -0.25) is 9.69 Å². The third kappa shape index (κ3) is 6.02. The Morgan fingerprint density at radius 2 is 1.83 bits per heavy atom. The fraction of sp³-hybridized carbons (Fsp3) is 0.417. The van der Waals surface area contributed by atoms with E-state index in [2.05, 4.69) is 10.2 Å². The molecule has 3 amide bonds. The third-order valence-electron chi connectivity index (χ3n) is 6.13. The number of benzene rings is 2. The number of thioether (sulfide) groups is 1. The average molecular weight is 509 g/mol. The Morgan fingerprint density at radius 3 is 2.54 bits per heavy atom. The highest BCUT2D eigenvalue weighted by molar-refractivity contribution is 8.00. The Labute approximate surface area is 206 Å². The number of methoxy groups -OCH3 is 1. The van der Waals surface area contributed by atoms with Gasteiger partial charge in [0.05, 0.1) is 24.1 Å². The number of ether oxygens (including phenoxy) is 1. The molecule has 0 spiro atoms. The van der Waals surface area contributed by atoms with Crippen LogP contribution in [-0.4, -0.2) is 78.8 Å². The fourth-order valence-electron chi connectivity index (χ4n) is 4.21. The molecule has 0 bridgehead atoms. The predicted octanol–water partition coefficient (Wildman–Crippen LogP) is 4.14. The van der Waals surface area contributed by atoms with Crippen molar-refractivity contribution in [3.05, 3.63) is 59.7 Å². The van der Waals surface area contributed by atoms with E-state index in [9.17, 15) is 22.8 Å². The summed E-state index contributed by atoms with van der Waals surface area (Å²) in [6.07, 6.45) is -4.42. The number of rotatable bonds is 6. The normalized spacial score (nSPS) is 19.2. The largest absolute Gasteiger partial charge is 0.495 e. The van der Waals surface area contributed by atoms with Crippen LogP contribution >= 0.6 is 11.8 Å². The fourth-order valence-corrected chi connectivity index (χ4v) is 5.41. The molecule has 2 aliphatic rings. The van der Waals surface area contributed by atoms with Crippen LogP contribution in [0.4, 0.5) is 23.7 Å². The van der Waals surface area contributed by atoms with Crippen LogP contribution in [0.1, 0.15) is 16.5 Å². The first-order valence-corrected chi connectivity index (χ1v) is 12.3. The van der Waals surface area contributed by atoms with E-state index in [1.807, 2.05) is 12.1 Å². The maximum Gasteiger partial charge on any atom is 0.416 e. The zero-order valence-corrected chi connectivity index (χ0v) is 20.1. The zero-order valence-electron chi connectivity index (χ0n) is 19.3. The Kier molecular flexibility index (Phi) is 7.75.